The van der Waals surface area contributed by atoms with Gasteiger partial charge in [-0.1, -0.05) is 37.6 Å². The van der Waals surface area contributed by atoms with Crippen molar-refractivity contribution in [1.29, 1.82) is 0 Å². The molecule has 2 rings (SSSR count). The Morgan fingerprint density at radius 3 is 2.31 bits per heavy atom. The zero-order valence-corrected chi connectivity index (χ0v) is 21.3. The molecular formula is C24H33N3O3S2. The molecule has 1 amide bonds. The minimum Gasteiger partial charge on any atom is -0.465 e. The van der Waals surface area contributed by atoms with E-state index < -0.39 is 5.97 Å². The predicted molar refractivity (Wildman–Crippen MR) is 136 cm³/mol. The van der Waals surface area contributed by atoms with E-state index in [1.54, 1.807) is 11.8 Å². The first-order valence-corrected chi connectivity index (χ1v) is 12.2. The first kappa shape index (κ1) is 25.8. The van der Waals surface area contributed by atoms with Crippen molar-refractivity contribution in [3.05, 3.63) is 51.4 Å². The zero-order valence-electron chi connectivity index (χ0n) is 19.7. The first-order valence-electron chi connectivity index (χ1n) is 10.9. The number of amides is 1. The third kappa shape index (κ3) is 6.07. The molecule has 0 spiro atoms. The lowest BCUT2D eigenvalue weighted by Crippen LogP contribution is -2.31. The number of carbonyl (C=O) groups is 2. The summed E-state index contributed by atoms with van der Waals surface area (Å²) >= 11 is 6.74. The molecule has 8 heteroatoms. The Kier molecular flexibility index (Phi) is 9.65. The van der Waals surface area contributed by atoms with Crippen LogP contribution in [0.5, 0.6) is 0 Å². The van der Waals surface area contributed by atoms with Crippen LogP contribution in [0.2, 0.25) is 0 Å². The summed E-state index contributed by atoms with van der Waals surface area (Å²) in [6, 6.07) is 8.44. The molecule has 1 aromatic carbocycles. The van der Waals surface area contributed by atoms with Gasteiger partial charge < -0.3 is 20.3 Å². The predicted octanol–water partition coefficient (Wildman–Crippen LogP) is 5.33. The van der Waals surface area contributed by atoms with Crippen molar-refractivity contribution in [2.75, 3.05) is 25.5 Å². The molecule has 0 saturated heterocycles. The van der Waals surface area contributed by atoms with E-state index in [1.165, 1.54) is 24.0 Å². The Morgan fingerprint density at radius 1 is 1.16 bits per heavy atom. The van der Waals surface area contributed by atoms with Gasteiger partial charge in [-0.2, -0.15) is 0 Å². The number of anilines is 1. The molecule has 0 bridgehead atoms. The van der Waals surface area contributed by atoms with Gasteiger partial charge in [0, 0.05) is 13.1 Å². The van der Waals surface area contributed by atoms with Gasteiger partial charge in [0.1, 0.15) is 5.00 Å². The van der Waals surface area contributed by atoms with Crippen molar-refractivity contribution in [3.8, 4) is 0 Å². The summed E-state index contributed by atoms with van der Waals surface area (Å²) in [5.41, 5.74) is 3.37. The number of esters is 1. The summed E-state index contributed by atoms with van der Waals surface area (Å²) in [5, 5.41) is 7.26. The minimum absolute atomic E-state index is 0.0231. The van der Waals surface area contributed by atoms with Crippen LogP contribution in [-0.2, 0) is 11.2 Å². The van der Waals surface area contributed by atoms with Crippen LogP contribution in [0.15, 0.2) is 24.3 Å². The summed E-state index contributed by atoms with van der Waals surface area (Å²) in [6.45, 7) is 11.0. The van der Waals surface area contributed by atoms with Gasteiger partial charge in [-0.3, -0.25) is 4.79 Å². The average molecular weight is 476 g/mol. The van der Waals surface area contributed by atoms with E-state index >= 15 is 0 Å². The van der Waals surface area contributed by atoms with E-state index in [2.05, 4.69) is 41.8 Å². The number of aryl methyl sites for hydroxylation is 1. The topological polar surface area (TPSA) is 70.7 Å². The first-order chi connectivity index (χ1) is 15.3. The van der Waals surface area contributed by atoms with Gasteiger partial charge in [-0.25, -0.2) is 4.79 Å². The number of ether oxygens (including phenoxy) is 1. The summed E-state index contributed by atoms with van der Waals surface area (Å²) < 4.78 is 4.97. The number of benzene rings is 1. The van der Waals surface area contributed by atoms with Gasteiger partial charge in [-0.05, 0) is 63.0 Å². The number of methoxy groups -OCH3 is 1. The molecule has 0 aliphatic carbocycles. The van der Waals surface area contributed by atoms with Crippen LogP contribution in [0.4, 0.5) is 5.00 Å². The van der Waals surface area contributed by atoms with Crippen LogP contribution in [0.25, 0.3) is 0 Å². The summed E-state index contributed by atoms with van der Waals surface area (Å²) in [6.07, 6.45) is 2.17. The lowest BCUT2D eigenvalue weighted by Gasteiger charge is -2.18. The molecule has 1 atom stereocenters. The fourth-order valence-corrected chi connectivity index (χ4v) is 5.00. The fraction of sp³-hybridized carbons (Fsp3) is 0.458. The van der Waals surface area contributed by atoms with E-state index in [4.69, 9.17) is 17.0 Å². The third-order valence-electron chi connectivity index (χ3n) is 5.37. The number of rotatable bonds is 9. The molecule has 1 aromatic heterocycles. The molecule has 0 aliphatic heterocycles. The van der Waals surface area contributed by atoms with Crippen LogP contribution in [0.1, 0.15) is 76.9 Å². The van der Waals surface area contributed by atoms with Crippen LogP contribution in [-0.4, -0.2) is 42.1 Å². The second kappa shape index (κ2) is 12.0. The van der Waals surface area contributed by atoms with Gasteiger partial charge in [0.15, 0.2) is 5.11 Å². The molecule has 0 aliphatic rings. The lowest BCUT2D eigenvalue weighted by molar-refractivity contribution is 0.0601. The highest BCUT2D eigenvalue weighted by Gasteiger charge is 2.27. The number of nitrogens with one attached hydrogen (secondary N) is 2. The van der Waals surface area contributed by atoms with Crippen LogP contribution in [0, 0.1) is 6.92 Å². The molecule has 0 saturated carbocycles. The highest BCUT2D eigenvalue weighted by Crippen LogP contribution is 2.34. The van der Waals surface area contributed by atoms with Crippen molar-refractivity contribution in [2.24, 2.45) is 0 Å². The number of nitrogens with zero attached hydrogens (tertiary/aromatic N) is 1. The number of hydrogen-bond donors (Lipinski definition) is 2. The lowest BCUT2D eigenvalue weighted by atomic mass is 10.0. The Morgan fingerprint density at radius 2 is 1.78 bits per heavy atom. The standard InChI is InChI=1S/C24H33N3O3S2/c1-7-10-17-11-13-18(14-12-17)16(5)25-24(31)26-21-19(23(29)30-6)15(4)20(32-21)22(28)27(8-2)9-3/h11-14,16H,7-10H2,1-6H3,(H2,25,26,31). The maximum absolute atomic E-state index is 12.9. The molecule has 2 N–H and O–H groups in total. The highest BCUT2D eigenvalue weighted by atomic mass is 32.1. The Labute approximate surface area is 200 Å². The monoisotopic (exact) mass is 475 g/mol. The third-order valence-corrected chi connectivity index (χ3v) is 6.79. The number of carbonyl (C=O) groups excluding carboxylic acids is 2. The fourth-order valence-electron chi connectivity index (χ4n) is 3.49. The van der Waals surface area contributed by atoms with E-state index in [1.807, 2.05) is 20.8 Å². The molecule has 1 unspecified atom stereocenters. The van der Waals surface area contributed by atoms with Crippen LogP contribution < -0.4 is 10.6 Å². The normalized spacial score (nSPS) is 11.6. The van der Waals surface area contributed by atoms with Gasteiger partial charge in [0.25, 0.3) is 5.91 Å². The number of thiophene rings is 1. The van der Waals surface area contributed by atoms with Gasteiger partial charge in [-0.15, -0.1) is 11.3 Å². The van der Waals surface area contributed by atoms with Crippen molar-refractivity contribution < 1.29 is 14.3 Å². The largest absolute Gasteiger partial charge is 0.465 e. The molecular weight excluding hydrogens is 442 g/mol. The van der Waals surface area contributed by atoms with Crippen molar-refractivity contribution in [2.45, 2.75) is 53.5 Å². The van der Waals surface area contributed by atoms with Gasteiger partial charge in [0.05, 0.1) is 23.6 Å². The smallest absolute Gasteiger partial charge is 0.341 e. The Bertz CT molecular complexity index is 950. The van der Waals surface area contributed by atoms with E-state index in [0.717, 1.165) is 18.4 Å². The summed E-state index contributed by atoms with van der Waals surface area (Å²) in [5.74, 6) is -0.600. The van der Waals surface area contributed by atoms with E-state index in [9.17, 15) is 9.59 Å². The SMILES string of the molecule is CCCc1ccc(C(C)NC(=S)Nc2sc(C(=O)N(CC)CC)c(C)c2C(=O)OC)cc1. The summed E-state index contributed by atoms with van der Waals surface area (Å²) in [7, 11) is 1.33. The molecule has 1 heterocycles. The van der Waals surface area contributed by atoms with Crippen LogP contribution in [0.3, 0.4) is 0 Å². The highest BCUT2D eigenvalue weighted by molar-refractivity contribution is 7.80. The molecule has 6 nitrogen and oxygen atoms in total. The van der Waals surface area contributed by atoms with Gasteiger partial charge in [0.2, 0.25) is 0 Å². The molecule has 0 radical (unpaired) electrons. The van der Waals surface area contributed by atoms with Crippen molar-refractivity contribution in [1.82, 2.24) is 10.2 Å². The molecule has 2 aromatic rings. The van der Waals surface area contributed by atoms with Crippen LogP contribution >= 0.6 is 23.6 Å². The minimum atomic E-state index is -0.498. The second-order valence-corrected chi connectivity index (χ2v) is 8.97. The van der Waals surface area contributed by atoms with Crippen molar-refractivity contribution >= 4 is 45.5 Å². The maximum atomic E-state index is 12.9. The van der Waals surface area contributed by atoms with Crippen molar-refractivity contribution in [3.63, 3.8) is 0 Å². The maximum Gasteiger partial charge on any atom is 0.341 e. The van der Waals surface area contributed by atoms with Gasteiger partial charge >= 0.3 is 5.97 Å². The molecule has 0 fully saturated rings. The quantitative estimate of drug-likeness (QED) is 0.378. The molecule has 174 valence electrons. The zero-order chi connectivity index (χ0) is 23.8. The number of hydrogen-bond acceptors (Lipinski definition) is 5. The Balaban J connectivity index is 2.22. The van der Waals surface area contributed by atoms with E-state index in [-0.39, 0.29) is 11.9 Å². The molecule has 32 heavy (non-hydrogen) atoms. The average Bonchev–Trinajstić information content (AvgIpc) is 3.10. The number of thiocarbonyl (C=S) groups is 1. The van der Waals surface area contributed by atoms with E-state index in [0.29, 0.717) is 39.2 Å². The second-order valence-electron chi connectivity index (χ2n) is 7.54. The Hall–Kier alpha value is -2.45. The summed E-state index contributed by atoms with van der Waals surface area (Å²) in [4.78, 5) is 27.6.